The first-order valence-corrected chi connectivity index (χ1v) is 15.2. The van der Waals surface area contributed by atoms with Gasteiger partial charge in [0.1, 0.15) is 5.75 Å². The fraction of sp³-hybridized carbons (Fsp3) is 0.471. The number of carbonyl (C=O) groups is 4. The van der Waals surface area contributed by atoms with E-state index in [-0.39, 0.29) is 19.2 Å². The SMILES string of the molecule is C=CC(=O)OCCC[C@H]1CC[C@H](c2ccc(C(=O)Oc3ccc(C4O[C@@H](C(=O)OCC)[C@H](C(=O)OCC)O4)cc3)cc2)CC1. The van der Waals surface area contributed by atoms with Gasteiger partial charge in [-0.3, -0.25) is 0 Å². The standard InChI is InChI=1S/C34H40O10/c1-4-28(35)41-21-7-8-22-9-11-23(12-10-22)24-13-15-25(16-14-24)31(36)42-27-19-17-26(18-20-27)34-43-29(32(37)39-5-2)30(44-34)33(38)40-6-3/h4,13-20,22-23,29-30,34H,1,5-12,21H2,2-3H3/t22-,23-,29-,30-/m1/s1. The monoisotopic (exact) mass is 608 g/mol. The predicted molar refractivity (Wildman–Crippen MR) is 159 cm³/mol. The van der Waals surface area contributed by atoms with E-state index in [0.717, 1.165) is 38.5 Å². The zero-order valence-corrected chi connectivity index (χ0v) is 25.2. The van der Waals surface area contributed by atoms with Crippen molar-refractivity contribution in [1.82, 2.24) is 0 Å². The Morgan fingerprint density at radius 3 is 1.91 bits per heavy atom. The number of esters is 4. The van der Waals surface area contributed by atoms with Crippen LogP contribution < -0.4 is 4.74 Å². The Morgan fingerprint density at radius 1 is 0.795 bits per heavy atom. The van der Waals surface area contributed by atoms with E-state index >= 15 is 0 Å². The van der Waals surface area contributed by atoms with E-state index in [1.165, 1.54) is 11.6 Å². The molecule has 2 aliphatic rings. The summed E-state index contributed by atoms with van der Waals surface area (Å²) in [6.07, 6.45) is 4.01. The van der Waals surface area contributed by atoms with E-state index in [2.05, 4.69) is 6.58 Å². The second kappa shape index (κ2) is 16.2. The quantitative estimate of drug-likeness (QED) is 0.0934. The summed E-state index contributed by atoms with van der Waals surface area (Å²) in [5.74, 6) is -0.864. The van der Waals surface area contributed by atoms with Crippen LogP contribution in [0.4, 0.5) is 0 Å². The molecule has 1 aliphatic carbocycles. The minimum atomic E-state index is -1.25. The molecular weight excluding hydrogens is 568 g/mol. The maximum Gasteiger partial charge on any atom is 0.343 e. The molecule has 1 saturated carbocycles. The molecule has 0 unspecified atom stereocenters. The van der Waals surface area contributed by atoms with Crippen LogP contribution in [-0.2, 0) is 38.1 Å². The minimum absolute atomic E-state index is 0.127. The van der Waals surface area contributed by atoms with Gasteiger partial charge < -0.3 is 28.4 Å². The van der Waals surface area contributed by atoms with Crippen molar-refractivity contribution in [2.75, 3.05) is 19.8 Å². The molecule has 2 fully saturated rings. The summed E-state index contributed by atoms with van der Waals surface area (Å²) in [7, 11) is 0. The largest absolute Gasteiger partial charge is 0.464 e. The first-order chi connectivity index (χ1) is 21.3. The number of benzene rings is 2. The minimum Gasteiger partial charge on any atom is -0.464 e. The average Bonchev–Trinajstić information content (AvgIpc) is 3.50. The van der Waals surface area contributed by atoms with Gasteiger partial charge in [0.05, 0.1) is 25.4 Å². The molecule has 0 aromatic heterocycles. The summed E-state index contributed by atoms with van der Waals surface area (Å²) in [6, 6.07) is 14.0. The lowest BCUT2D eigenvalue weighted by atomic mass is 9.77. The van der Waals surface area contributed by atoms with E-state index in [1.807, 2.05) is 12.1 Å². The maximum absolute atomic E-state index is 12.8. The normalized spacial score (nSPS) is 21.7. The van der Waals surface area contributed by atoms with E-state index in [0.29, 0.717) is 35.3 Å². The molecule has 2 atom stereocenters. The van der Waals surface area contributed by atoms with Crippen LogP contribution in [0.25, 0.3) is 0 Å². The molecule has 10 heteroatoms. The molecule has 1 heterocycles. The fourth-order valence-corrected chi connectivity index (χ4v) is 5.54. The Kier molecular flexibility index (Phi) is 12.1. The highest BCUT2D eigenvalue weighted by Crippen LogP contribution is 2.38. The van der Waals surface area contributed by atoms with Crippen LogP contribution in [0.2, 0.25) is 0 Å². The third-order valence-electron chi connectivity index (χ3n) is 7.85. The van der Waals surface area contributed by atoms with Gasteiger partial charge in [-0.25, -0.2) is 19.2 Å². The zero-order chi connectivity index (χ0) is 31.5. The van der Waals surface area contributed by atoms with Crippen LogP contribution in [0.15, 0.2) is 61.2 Å². The molecule has 44 heavy (non-hydrogen) atoms. The third kappa shape index (κ3) is 8.76. The first kappa shape index (κ1) is 32.9. The van der Waals surface area contributed by atoms with Crippen molar-refractivity contribution in [3.8, 4) is 5.75 Å². The van der Waals surface area contributed by atoms with Crippen molar-refractivity contribution < 1.29 is 47.6 Å². The Hall–Kier alpha value is -4.02. The molecule has 10 nitrogen and oxygen atoms in total. The summed E-state index contributed by atoms with van der Waals surface area (Å²) >= 11 is 0. The van der Waals surface area contributed by atoms with Gasteiger partial charge in [-0.15, -0.1) is 0 Å². The molecule has 1 saturated heterocycles. The maximum atomic E-state index is 12.8. The molecule has 0 bridgehead atoms. The molecule has 0 amide bonds. The second-order valence-corrected chi connectivity index (χ2v) is 10.8. The van der Waals surface area contributed by atoms with Crippen molar-refractivity contribution in [1.29, 1.82) is 0 Å². The van der Waals surface area contributed by atoms with Crippen LogP contribution in [0.3, 0.4) is 0 Å². The molecule has 1 aliphatic heterocycles. The highest BCUT2D eigenvalue weighted by molar-refractivity contribution is 5.91. The number of carbonyl (C=O) groups excluding carboxylic acids is 4. The van der Waals surface area contributed by atoms with Crippen LogP contribution in [0, 0.1) is 5.92 Å². The third-order valence-corrected chi connectivity index (χ3v) is 7.85. The number of hydrogen-bond acceptors (Lipinski definition) is 10. The predicted octanol–water partition coefficient (Wildman–Crippen LogP) is 5.60. The number of hydrogen-bond donors (Lipinski definition) is 0. The molecular formula is C34H40O10. The van der Waals surface area contributed by atoms with Gasteiger partial charge in [0.25, 0.3) is 0 Å². The first-order valence-electron chi connectivity index (χ1n) is 15.2. The smallest absolute Gasteiger partial charge is 0.343 e. The molecule has 236 valence electrons. The van der Waals surface area contributed by atoms with Crippen LogP contribution in [0.5, 0.6) is 5.75 Å². The van der Waals surface area contributed by atoms with Crippen LogP contribution in [0.1, 0.15) is 86.1 Å². The Bertz CT molecular complexity index is 1250. The van der Waals surface area contributed by atoms with E-state index in [9.17, 15) is 19.2 Å². The number of rotatable bonds is 13. The lowest BCUT2D eigenvalue weighted by molar-refractivity contribution is -0.163. The van der Waals surface area contributed by atoms with Gasteiger partial charge in [0, 0.05) is 11.6 Å². The summed E-state index contributed by atoms with van der Waals surface area (Å²) < 4.78 is 32.1. The van der Waals surface area contributed by atoms with Gasteiger partial charge in [-0.2, -0.15) is 0 Å². The lowest BCUT2D eigenvalue weighted by Crippen LogP contribution is -2.39. The Morgan fingerprint density at radius 2 is 1.36 bits per heavy atom. The van der Waals surface area contributed by atoms with E-state index < -0.39 is 36.4 Å². The molecule has 0 radical (unpaired) electrons. The van der Waals surface area contributed by atoms with Gasteiger partial charge in [-0.05, 0) is 94.0 Å². The van der Waals surface area contributed by atoms with E-state index in [1.54, 1.807) is 50.2 Å². The van der Waals surface area contributed by atoms with Gasteiger partial charge >= 0.3 is 23.9 Å². The van der Waals surface area contributed by atoms with Crippen LogP contribution in [-0.4, -0.2) is 55.9 Å². The summed E-state index contributed by atoms with van der Waals surface area (Å²) in [4.78, 5) is 48.7. The summed E-state index contributed by atoms with van der Waals surface area (Å²) in [6.45, 7) is 7.41. The van der Waals surface area contributed by atoms with Gasteiger partial charge in [0.2, 0.25) is 0 Å². The van der Waals surface area contributed by atoms with Gasteiger partial charge in [-0.1, -0.05) is 30.8 Å². The molecule has 2 aromatic rings. The Balaban J connectivity index is 1.27. The Labute approximate surface area is 257 Å². The van der Waals surface area contributed by atoms with Crippen molar-refractivity contribution in [3.63, 3.8) is 0 Å². The molecule has 2 aromatic carbocycles. The van der Waals surface area contributed by atoms with E-state index in [4.69, 9.17) is 28.4 Å². The van der Waals surface area contributed by atoms with Gasteiger partial charge in [0.15, 0.2) is 18.5 Å². The summed E-state index contributed by atoms with van der Waals surface area (Å²) in [5.41, 5.74) is 2.18. The second-order valence-electron chi connectivity index (χ2n) is 10.8. The zero-order valence-electron chi connectivity index (χ0n) is 25.2. The van der Waals surface area contributed by atoms with Crippen molar-refractivity contribution in [2.24, 2.45) is 5.92 Å². The summed E-state index contributed by atoms with van der Waals surface area (Å²) in [5, 5.41) is 0. The van der Waals surface area contributed by atoms with Crippen molar-refractivity contribution in [2.45, 2.75) is 76.8 Å². The fourth-order valence-electron chi connectivity index (χ4n) is 5.54. The number of ether oxygens (including phenoxy) is 6. The topological polar surface area (TPSA) is 124 Å². The highest BCUT2D eigenvalue weighted by atomic mass is 16.8. The molecule has 0 spiro atoms. The molecule has 0 N–H and O–H groups in total. The average molecular weight is 609 g/mol. The van der Waals surface area contributed by atoms with Crippen molar-refractivity contribution >= 4 is 23.9 Å². The molecule has 4 rings (SSSR count). The van der Waals surface area contributed by atoms with Crippen molar-refractivity contribution in [3.05, 3.63) is 77.9 Å². The highest BCUT2D eigenvalue weighted by Gasteiger charge is 2.47. The lowest BCUT2D eigenvalue weighted by Gasteiger charge is -2.29. The van der Waals surface area contributed by atoms with Crippen LogP contribution >= 0.6 is 0 Å².